The Labute approximate surface area is 141 Å². The zero-order valence-corrected chi connectivity index (χ0v) is 14.1. The Balaban J connectivity index is 1.58. The largest absolute Gasteiger partial charge is 0.396 e. The zero-order chi connectivity index (χ0) is 16.3. The first kappa shape index (κ1) is 16.4. The summed E-state index contributed by atoms with van der Waals surface area (Å²) in [6.07, 6.45) is 2.93. The molecule has 0 amide bonds. The lowest BCUT2D eigenvalue weighted by molar-refractivity contribution is 0.0463. The predicted molar refractivity (Wildman–Crippen MR) is 89.3 cm³/mol. The molecule has 3 rings (SSSR count). The van der Waals surface area contributed by atoms with Gasteiger partial charge < -0.3 is 14.5 Å². The normalized spacial score (nSPS) is 22.4. The second kappa shape index (κ2) is 6.99. The number of nitrogens with zero attached hydrogens (tertiary/aromatic N) is 3. The molecule has 2 aromatic rings. The number of hydrogen-bond donors (Lipinski definition) is 1. The van der Waals surface area contributed by atoms with Gasteiger partial charge >= 0.3 is 0 Å². The molecule has 2 heterocycles. The van der Waals surface area contributed by atoms with Crippen molar-refractivity contribution in [2.24, 2.45) is 5.41 Å². The number of benzene rings is 1. The highest BCUT2D eigenvalue weighted by molar-refractivity contribution is 6.30. The molecule has 1 atom stereocenters. The van der Waals surface area contributed by atoms with Gasteiger partial charge in [-0.3, -0.25) is 0 Å². The van der Waals surface area contributed by atoms with Crippen LogP contribution >= 0.6 is 11.6 Å². The van der Waals surface area contributed by atoms with Crippen LogP contribution in [0.1, 0.15) is 25.7 Å². The van der Waals surface area contributed by atoms with E-state index in [4.69, 9.17) is 16.1 Å². The van der Waals surface area contributed by atoms with Crippen molar-refractivity contribution in [3.63, 3.8) is 0 Å². The van der Waals surface area contributed by atoms with Crippen LogP contribution in [0.4, 0.5) is 0 Å². The average Bonchev–Trinajstić information content (AvgIpc) is 3.03. The molecule has 124 valence electrons. The molecule has 1 aliphatic heterocycles. The quantitative estimate of drug-likeness (QED) is 0.910. The number of halogens is 1. The second-order valence-corrected chi connectivity index (χ2v) is 7.05. The number of piperidine rings is 1. The summed E-state index contributed by atoms with van der Waals surface area (Å²) in [6, 6.07) is 7.40. The van der Waals surface area contributed by atoms with Crippen molar-refractivity contribution in [2.45, 2.75) is 26.2 Å². The number of hydrogen-bond acceptors (Lipinski definition) is 5. The molecule has 23 heavy (non-hydrogen) atoms. The topological polar surface area (TPSA) is 62.4 Å². The van der Waals surface area contributed by atoms with E-state index in [1.807, 2.05) is 24.3 Å². The van der Waals surface area contributed by atoms with Crippen LogP contribution in [0.5, 0.6) is 0 Å². The number of aliphatic hydroxyl groups excluding tert-OH is 1. The van der Waals surface area contributed by atoms with E-state index in [1.165, 1.54) is 0 Å². The molecule has 1 saturated heterocycles. The third-order valence-electron chi connectivity index (χ3n) is 4.45. The van der Waals surface area contributed by atoms with E-state index < -0.39 is 0 Å². The smallest absolute Gasteiger partial charge is 0.228 e. The Morgan fingerprint density at radius 1 is 1.35 bits per heavy atom. The van der Waals surface area contributed by atoms with Crippen molar-refractivity contribution in [2.75, 3.05) is 26.2 Å². The Hall–Kier alpha value is -1.43. The molecule has 1 N–H and O–H groups in total. The average molecular weight is 336 g/mol. The van der Waals surface area contributed by atoms with Gasteiger partial charge in [-0.2, -0.15) is 4.98 Å². The molecule has 1 unspecified atom stereocenters. The van der Waals surface area contributed by atoms with Crippen LogP contribution in [0.15, 0.2) is 28.8 Å². The highest BCUT2D eigenvalue weighted by Gasteiger charge is 2.30. The van der Waals surface area contributed by atoms with Gasteiger partial charge in [0, 0.05) is 42.1 Å². The fourth-order valence-corrected chi connectivity index (χ4v) is 3.20. The third kappa shape index (κ3) is 4.10. The first-order chi connectivity index (χ1) is 11.1. The first-order valence-corrected chi connectivity index (χ1v) is 8.37. The summed E-state index contributed by atoms with van der Waals surface area (Å²) in [6.45, 7) is 5.24. The first-order valence-electron chi connectivity index (χ1n) is 8.00. The van der Waals surface area contributed by atoms with Gasteiger partial charge in [-0.25, -0.2) is 0 Å². The fraction of sp³-hybridized carbons (Fsp3) is 0.529. The summed E-state index contributed by atoms with van der Waals surface area (Å²) >= 11 is 5.89. The van der Waals surface area contributed by atoms with Crippen LogP contribution in [-0.2, 0) is 6.42 Å². The lowest BCUT2D eigenvalue weighted by Crippen LogP contribution is -2.44. The summed E-state index contributed by atoms with van der Waals surface area (Å²) < 4.78 is 5.35. The molecule has 1 aromatic heterocycles. The Morgan fingerprint density at radius 2 is 2.13 bits per heavy atom. The Bertz CT molecular complexity index is 644. The molecule has 0 radical (unpaired) electrons. The molecule has 5 nitrogen and oxygen atoms in total. The van der Waals surface area contributed by atoms with E-state index in [0.717, 1.165) is 44.5 Å². The summed E-state index contributed by atoms with van der Waals surface area (Å²) in [5.41, 5.74) is 0.914. The highest BCUT2D eigenvalue weighted by Crippen LogP contribution is 2.28. The minimum absolute atomic E-state index is 0.0154. The van der Waals surface area contributed by atoms with Crippen molar-refractivity contribution in [1.82, 2.24) is 15.0 Å². The fourth-order valence-electron chi connectivity index (χ4n) is 3.07. The van der Waals surface area contributed by atoms with E-state index in [-0.39, 0.29) is 12.0 Å². The summed E-state index contributed by atoms with van der Waals surface area (Å²) in [5.74, 6) is 1.24. The number of likely N-dealkylation sites (tertiary alicyclic amines) is 1. The van der Waals surface area contributed by atoms with E-state index >= 15 is 0 Å². The van der Waals surface area contributed by atoms with Gasteiger partial charge in [0.1, 0.15) is 0 Å². The lowest BCUT2D eigenvalue weighted by atomic mass is 9.83. The molecule has 6 heteroatoms. The van der Waals surface area contributed by atoms with E-state index in [1.54, 1.807) is 0 Å². The van der Waals surface area contributed by atoms with Crippen LogP contribution in [0, 0.1) is 5.41 Å². The maximum absolute atomic E-state index is 9.53. The van der Waals surface area contributed by atoms with Crippen molar-refractivity contribution in [3.05, 3.63) is 35.2 Å². The molecule has 1 fully saturated rings. The van der Waals surface area contributed by atoms with Crippen LogP contribution in [0.2, 0.25) is 5.02 Å². The van der Waals surface area contributed by atoms with Gasteiger partial charge in [-0.05, 0) is 43.7 Å². The predicted octanol–water partition coefficient (Wildman–Crippen LogP) is 3.03. The monoisotopic (exact) mass is 335 g/mol. The molecule has 1 aliphatic rings. The Kier molecular flexibility index (Phi) is 4.99. The van der Waals surface area contributed by atoms with Crippen molar-refractivity contribution < 1.29 is 9.63 Å². The highest BCUT2D eigenvalue weighted by atomic mass is 35.5. The molecule has 0 bridgehead atoms. The van der Waals surface area contributed by atoms with Gasteiger partial charge in [0.15, 0.2) is 0 Å². The van der Waals surface area contributed by atoms with E-state index in [0.29, 0.717) is 16.7 Å². The maximum atomic E-state index is 9.53. The molecule has 0 saturated carbocycles. The molecular formula is C17H22ClN3O2. The SMILES string of the molecule is CC1(CO)CCCN(CCc2nc(-c3ccc(Cl)cc3)no2)C1. The molecule has 1 aromatic carbocycles. The lowest BCUT2D eigenvalue weighted by Gasteiger charge is -2.39. The van der Waals surface area contributed by atoms with Gasteiger partial charge in [0.05, 0.1) is 0 Å². The summed E-state index contributed by atoms with van der Waals surface area (Å²) in [5, 5.41) is 14.3. The van der Waals surface area contributed by atoms with Crippen LogP contribution in [0.25, 0.3) is 11.4 Å². The summed E-state index contributed by atoms with van der Waals surface area (Å²) in [4.78, 5) is 6.82. The third-order valence-corrected chi connectivity index (χ3v) is 4.71. The number of rotatable bonds is 5. The van der Waals surface area contributed by atoms with Gasteiger partial charge in [-0.1, -0.05) is 23.7 Å². The van der Waals surface area contributed by atoms with Crippen molar-refractivity contribution >= 4 is 11.6 Å². The van der Waals surface area contributed by atoms with Crippen LogP contribution in [-0.4, -0.2) is 46.4 Å². The second-order valence-electron chi connectivity index (χ2n) is 6.62. The number of aliphatic hydroxyl groups is 1. The molecule has 0 spiro atoms. The van der Waals surface area contributed by atoms with Crippen molar-refractivity contribution in [3.8, 4) is 11.4 Å². The zero-order valence-electron chi connectivity index (χ0n) is 13.3. The van der Waals surface area contributed by atoms with Crippen LogP contribution < -0.4 is 0 Å². The molecular weight excluding hydrogens is 314 g/mol. The minimum atomic E-state index is 0.0154. The summed E-state index contributed by atoms with van der Waals surface area (Å²) in [7, 11) is 0. The standard InChI is InChI=1S/C17H22ClN3O2/c1-17(12-22)8-2-9-21(11-17)10-7-15-19-16(20-23-15)13-3-5-14(18)6-4-13/h3-6,22H,2,7-12H2,1H3. The molecule has 0 aliphatic carbocycles. The van der Waals surface area contributed by atoms with E-state index in [9.17, 15) is 5.11 Å². The van der Waals surface area contributed by atoms with Crippen LogP contribution in [0.3, 0.4) is 0 Å². The minimum Gasteiger partial charge on any atom is -0.396 e. The van der Waals surface area contributed by atoms with Gasteiger partial charge in [-0.15, -0.1) is 0 Å². The Morgan fingerprint density at radius 3 is 2.87 bits per heavy atom. The number of aromatic nitrogens is 2. The van der Waals surface area contributed by atoms with Crippen molar-refractivity contribution in [1.29, 1.82) is 0 Å². The van der Waals surface area contributed by atoms with Gasteiger partial charge in [0.25, 0.3) is 0 Å². The van der Waals surface area contributed by atoms with Gasteiger partial charge in [0.2, 0.25) is 11.7 Å². The maximum Gasteiger partial charge on any atom is 0.228 e. The van der Waals surface area contributed by atoms with E-state index in [2.05, 4.69) is 22.0 Å².